The van der Waals surface area contributed by atoms with E-state index in [0.29, 0.717) is 19.4 Å². The molecular formula is C20H29NO8. The number of esters is 1. The molecule has 1 aliphatic rings. The van der Waals surface area contributed by atoms with Gasteiger partial charge < -0.3 is 23.4 Å². The van der Waals surface area contributed by atoms with Crippen LogP contribution in [-0.2, 0) is 20.6 Å². The second-order valence-electron chi connectivity index (χ2n) is 8.23. The van der Waals surface area contributed by atoms with Gasteiger partial charge in [-0.05, 0) is 41.0 Å². The Kier molecular flexibility index (Phi) is 6.62. The summed E-state index contributed by atoms with van der Waals surface area (Å²) in [5.41, 5.74) is -1.95. The number of nitrogens with zero attached hydrogens (tertiary/aromatic N) is 1. The molecule has 0 spiro atoms. The first-order valence-corrected chi connectivity index (χ1v) is 9.35. The van der Waals surface area contributed by atoms with Gasteiger partial charge in [0.05, 0.1) is 26.9 Å². The van der Waals surface area contributed by atoms with Crippen molar-refractivity contribution in [2.45, 2.75) is 64.8 Å². The molecule has 0 radical (unpaired) electrons. The number of rotatable bonds is 5. The van der Waals surface area contributed by atoms with Crippen LogP contribution in [0.15, 0.2) is 15.3 Å². The Bertz CT molecular complexity index is 821. The van der Waals surface area contributed by atoms with Crippen LogP contribution in [0.1, 0.15) is 57.4 Å². The van der Waals surface area contributed by atoms with Crippen LogP contribution in [0.2, 0.25) is 0 Å². The number of amides is 1. The fraction of sp³-hybridized carbons (Fsp3) is 0.650. The van der Waals surface area contributed by atoms with Crippen molar-refractivity contribution in [2.75, 3.05) is 20.8 Å². The summed E-state index contributed by atoms with van der Waals surface area (Å²) in [4.78, 5) is 38.4. The topological polar surface area (TPSA) is 105 Å². The van der Waals surface area contributed by atoms with E-state index in [-0.39, 0.29) is 23.3 Å². The van der Waals surface area contributed by atoms with Crippen LogP contribution in [-0.4, -0.2) is 55.2 Å². The van der Waals surface area contributed by atoms with Gasteiger partial charge in [-0.25, -0.2) is 9.59 Å². The van der Waals surface area contributed by atoms with Crippen molar-refractivity contribution in [3.05, 3.63) is 27.8 Å². The Hall–Kier alpha value is -2.55. The van der Waals surface area contributed by atoms with Gasteiger partial charge in [-0.3, -0.25) is 9.69 Å². The molecular weight excluding hydrogens is 382 g/mol. The molecule has 9 heteroatoms. The second kappa shape index (κ2) is 8.44. The van der Waals surface area contributed by atoms with E-state index in [9.17, 15) is 14.4 Å². The minimum absolute atomic E-state index is 0.207. The zero-order valence-electron chi connectivity index (χ0n) is 18.0. The normalized spacial score (nSPS) is 18.4. The van der Waals surface area contributed by atoms with Gasteiger partial charge in [0.1, 0.15) is 17.1 Å². The van der Waals surface area contributed by atoms with E-state index in [1.54, 1.807) is 39.5 Å². The van der Waals surface area contributed by atoms with Crippen molar-refractivity contribution in [3.63, 3.8) is 0 Å². The lowest BCUT2D eigenvalue weighted by Crippen LogP contribution is -2.49. The lowest BCUT2D eigenvalue weighted by molar-refractivity contribution is -0.0627. The first-order valence-electron chi connectivity index (χ1n) is 9.35. The second-order valence-corrected chi connectivity index (χ2v) is 8.23. The quantitative estimate of drug-likeness (QED) is 0.681. The van der Waals surface area contributed by atoms with Gasteiger partial charge >= 0.3 is 12.1 Å². The Morgan fingerprint density at radius 3 is 2.48 bits per heavy atom. The van der Waals surface area contributed by atoms with Crippen LogP contribution in [0.3, 0.4) is 0 Å². The molecule has 0 bridgehead atoms. The van der Waals surface area contributed by atoms with Gasteiger partial charge in [-0.2, -0.15) is 0 Å². The van der Waals surface area contributed by atoms with Gasteiger partial charge in [-0.15, -0.1) is 0 Å². The van der Waals surface area contributed by atoms with Gasteiger partial charge in [0.25, 0.3) is 5.76 Å². The predicted octanol–water partition coefficient (Wildman–Crippen LogP) is 2.74. The monoisotopic (exact) mass is 411 g/mol. The molecule has 9 nitrogen and oxygen atoms in total. The summed E-state index contributed by atoms with van der Waals surface area (Å²) < 4.78 is 26.4. The fourth-order valence-corrected chi connectivity index (χ4v) is 3.16. The van der Waals surface area contributed by atoms with Crippen LogP contribution in [0, 0.1) is 0 Å². The highest BCUT2D eigenvalue weighted by molar-refractivity contribution is 5.89. The predicted molar refractivity (Wildman–Crippen MR) is 103 cm³/mol. The average molecular weight is 411 g/mol. The third-order valence-corrected chi connectivity index (χ3v) is 4.42. The maximum absolute atomic E-state index is 12.7. The summed E-state index contributed by atoms with van der Waals surface area (Å²) >= 11 is 0. The summed E-state index contributed by atoms with van der Waals surface area (Å²) in [7, 11) is 2.46. The van der Waals surface area contributed by atoms with Crippen molar-refractivity contribution in [1.82, 2.24) is 4.90 Å². The minimum Gasteiger partial charge on any atom is -0.489 e. The standard InChI is InChI=1S/C20H29NO8/c1-19(2,3)29-18(24)21-12(11-27-20(21,4)5)8-9-13-10-14(22)15(25-6)16(28-13)17(23)26-7/h10,12H,8-9,11H2,1-7H3. The molecule has 1 aliphatic heterocycles. The first kappa shape index (κ1) is 22.7. The third-order valence-electron chi connectivity index (χ3n) is 4.42. The summed E-state index contributed by atoms with van der Waals surface area (Å²) in [5, 5.41) is 0. The van der Waals surface area contributed by atoms with E-state index >= 15 is 0 Å². The first-order chi connectivity index (χ1) is 13.4. The van der Waals surface area contributed by atoms with Crippen LogP contribution >= 0.6 is 0 Å². The molecule has 2 rings (SSSR count). The Morgan fingerprint density at radius 1 is 1.28 bits per heavy atom. The molecule has 1 aromatic rings. The highest BCUT2D eigenvalue weighted by atomic mass is 16.6. The molecule has 1 fully saturated rings. The molecule has 0 aliphatic carbocycles. The zero-order chi connectivity index (χ0) is 22.0. The molecule has 2 heterocycles. The number of hydrogen-bond donors (Lipinski definition) is 0. The van der Waals surface area contributed by atoms with Gasteiger partial charge in [-0.1, -0.05) is 0 Å². The number of carbonyl (C=O) groups excluding carboxylic acids is 2. The highest BCUT2D eigenvalue weighted by Crippen LogP contribution is 2.31. The van der Waals surface area contributed by atoms with Crippen molar-refractivity contribution < 1.29 is 33.0 Å². The van der Waals surface area contributed by atoms with E-state index in [0.717, 1.165) is 0 Å². The number of carbonyl (C=O) groups is 2. The highest BCUT2D eigenvalue weighted by Gasteiger charge is 2.45. The van der Waals surface area contributed by atoms with Gasteiger partial charge in [0, 0.05) is 12.5 Å². The lowest BCUT2D eigenvalue weighted by Gasteiger charge is -2.35. The maximum Gasteiger partial charge on any atom is 0.412 e. The van der Waals surface area contributed by atoms with Crippen molar-refractivity contribution in [3.8, 4) is 5.75 Å². The van der Waals surface area contributed by atoms with E-state index in [4.69, 9.17) is 18.6 Å². The molecule has 0 saturated carbocycles. The maximum atomic E-state index is 12.7. The third kappa shape index (κ3) is 5.29. The molecule has 0 N–H and O–H groups in total. The summed E-state index contributed by atoms with van der Waals surface area (Å²) in [6.07, 6.45) is 0.266. The molecule has 1 atom stereocenters. The Labute approximate surface area is 169 Å². The molecule has 1 amide bonds. The molecule has 162 valence electrons. The number of aryl methyl sites for hydroxylation is 1. The summed E-state index contributed by atoms with van der Waals surface area (Å²) in [5.74, 6) is -1.02. The Morgan fingerprint density at radius 2 is 1.93 bits per heavy atom. The zero-order valence-corrected chi connectivity index (χ0v) is 18.0. The molecule has 1 unspecified atom stereocenters. The SMILES string of the molecule is COC(=O)c1oc(CCC2COC(C)(C)N2C(=O)OC(C)(C)C)cc(=O)c1OC. The van der Waals surface area contributed by atoms with Crippen molar-refractivity contribution in [2.24, 2.45) is 0 Å². The van der Waals surface area contributed by atoms with Crippen LogP contribution < -0.4 is 10.2 Å². The number of methoxy groups -OCH3 is 2. The lowest BCUT2D eigenvalue weighted by atomic mass is 10.1. The number of ether oxygens (including phenoxy) is 4. The average Bonchev–Trinajstić information content (AvgIpc) is 2.91. The van der Waals surface area contributed by atoms with Crippen molar-refractivity contribution >= 4 is 12.1 Å². The van der Waals surface area contributed by atoms with Crippen molar-refractivity contribution in [1.29, 1.82) is 0 Å². The van der Waals surface area contributed by atoms with E-state index < -0.39 is 28.8 Å². The van der Waals surface area contributed by atoms with E-state index in [1.807, 2.05) is 0 Å². The largest absolute Gasteiger partial charge is 0.489 e. The number of hydrogen-bond acceptors (Lipinski definition) is 8. The minimum atomic E-state index is -0.828. The molecule has 1 aromatic heterocycles. The fourth-order valence-electron chi connectivity index (χ4n) is 3.16. The Balaban J connectivity index is 2.21. The van der Waals surface area contributed by atoms with Crippen LogP contribution in [0.5, 0.6) is 5.75 Å². The molecule has 0 aromatic carbocycles. The smallest absolute Gasteiger partial charge is 0.412 e. The summed E-state index contributed by atoms with van der Waals surface area (Å²) in [6, 6.07) is 0.984. The summed E-state index contributed by atoms with van der Waals surface area (Å²) in [6.45, 7) is 9.29. The molecule has 1 saturated heterocycles. The van der Waals surface area contributed by atoms with Crippen LogP contribution in [0.4, 0.5) is 4.79 Å². The van der Waals surface area contributed by atoms with E-state index in [2.05, 4.69) is 4.74 Å². The van der Waals surface area contributed by atoms with Gasteiger partial charge in [0.2, 0.25) is 11.2 Å². The van der Waals surface area contributed by atoms with Gasteiger partial charge in [0.15, 0.2) is 0 Å². The van der Waals surface area contributed by atoms with Crippen LogP contribution in [0.25, 0.3) is 0 Å². The molecule has 29 heavy (non-hydrogen) atoms. The van der Waals surface area contributed by atoms with E-state index in [1.165, 1.54) is 20.3 Å².